The van der Waals surface area contributed by atoms with Gasteiger partial charge in [-0.05, 0) is 53.8 Å². The first-order valence-corrected chi connectivity index (χ1v) is 9.02. The predicted octanol–water partition coefficient (Wildman–Crippen LogP) is 1.23. The molecule has 140 valence electrons. The molecule has 0 N–H and O–H groups in total. The van der Waals surface area contributed by atoms with Crippen LogP contribution in [0, 0.1) is 11.7 Å². The summed E-state index contributed by atoms with van der Waals surface area (Å²) in [7, 11) is 1.82. The van der Waals surface area contributed by atoms with Gasteiger partial charge in [0.05, 0.1) is 0 Å². The highest BCUT2D eigenvalue weighted by atomic mass is 19.1. The van der Waals surface area contributed by atoms with E-state index < -0.39 is 0 Å². The zero-order valence-corrected chi connectivity index (χ0v) is 15.1. The minimum atomic E-state index is -0.131. The van der Waals surface area contributed by atoms with Crippen LogP contribution in [0.25, 0.3) is 0 Å². The average Bonchev–Trinajstić information content (AvgIpc) is 3.14. The number of nitrogens with zero attached hydrogens (tertiary/aromatic N) is 6. The number of carbonyl (C=O) groups excluding carboxylic acids is 1. The van der Waals surface area contributed by atoms with E-state index in [1.54, 1.807) is 11.0 Å². The Labute approximate surface area is 152 Å². The van der Waals surface area contributed by atoms with Gasteiger partial charge in [0, 0.05) is 26.7 Å². The highest BCUT2D eigenvalue weighted by molar-refractivity contribution is 5.75. The quantitative estimate of drug-likeness (QED) is 0.743. The Bertz CT molecular complexity index is 707. The largest absolute Gasteiger partial charge is 0.344 e. The van der Waals surface area contributed by atoms with Crippen molar-refractivity contribution in [1.82, 2.24) is 30.0 Å². The molecule has 7 nitrogen and oxygen atoms in total. The van der Waals surface area contributed by atoms with Gasteiger partial charge in [0.15, 0.2) is 0 Å². The molecule has 0 radical (unpaired) electrons. The van der Waals surface area contributed by atoms with E-state index in [9.17, 15) is 9.18 Å². The van der Waals surface area contributed by atoms with Gasteiger partial charge in [0.1, 0.15) is 18.7 Å². The van der Waals surface area contributed by atoms with Crippen LogP contribution in [0.3, 0.4) is 0 Å². The number of carbonyl (C=O) groups is 1. The number of likely N-dealkylation sites (tertiary alicyclic amines) is 1. The molecule has 1 aromatic heterocycles. The van der Waals surface area contributed by atoms with Crippen LogP contribution in [0.5, 0.6) is 0 Å². The molecule has 0 unspecified atom stereocenters. The maximum atomic E-state index is 13.8. The van der Waals surface area contributed by atoms with Gasteiger partial charge in [0.2, 0.25) is 5.91 Å². The Morgan fingerprint density at radius 1 is 1.38 bits per heavy atom. The predicted molar refractivity (Wildman–Crippen MR) is 94.7 cm³/mol. The summed E-state index contributed by atoms with van der Waals surface area (Å²) in [6, 6.07) is 6.96. The highest BCUT2D eigenvalue weighted by Crippen LogP contribution is 2.18. The number of rotatable bonds is 7. The number of amides is 1. The van der Waals surface area contributed by atoms with Crippen LogP contribution in [-0.2, 0) is 17.8 Å². The van der Waals surface area contributed by atoms with Crippen molar-refractivity contribution in [3.05, 3.63) is 42.0 Å². The Kier molecular flexibility index (Phi) is 6.27. The molecule has 1 fully saturated rings. The minimum absolute atomic E-state index is 0.000722. The molecule has 1 aliphatic rings. The standard InChI is InChI=1S/C18H25FN6O/c1-23(18(26)13-25-14-20-21-22-25)11-15-5-4-9-24(12-15)10-8-16-6-2-3-7-17(16)19/h2-3,6-7,14-15H,4-5,8-13H2,1H3/t15-/m1/s1. The van der Waals surface area contributed by atoms with Crippen LogP contribution >= 0.6 is 0 Å². The van der Waals surface area contributed by atoms with Gasteiger partial charge in [0.25, 0.3) is 0 Å². The smallest absolute Gasteiger partial charge is 0.244 e. The third-order valence-corrected chi connectivity index (χ3v) is 4.90. The van der Waals surface area contributed by atoms with E-state index in [1.165, 1.54) is 17.1 Å². The number of halogens is 1. The summed E-state index contributed by atoms with van der Waals surface area (Å²) < 4.78 is 15.2. The first kappa shape index (κ1) is 18.4. The lowest BCUT2D eigenvalue weighted by atomic mass is 9.97. The van der Waals surface area contributed by atoms with Crippen molar-refractivity contribution in [1.29, 1.82) is 0 Å². The summed E-state index contributed by atoms with van der Waals surface area (Å²) in [5.74, 6) is 0.307. The summed E-state index contributed by atoms with van der Waals surface area (Å²) in [6.07, 6.45) is 4.37. The second-order valence-corrected chi connectivity index (χ2v) is 6.93. The van der Waals surface area contributed by atoms with Crippen molar-refractivity contribution < 1.29 is 9.18 Å². The second kappa shape index (κ2) is 8.84. The Hall–Kier alpha value is -2.35. The van der Waals surface area contributed by atoms with Crippen LogP contribution < -0.4 is 0 Å². The molecule has 0 bridgehead atoms. The molecule has 0 saturated carbocycles. The maximum absolute atomic E-state index is 13.8. The molecule has 26 heavy (non-hydrogen) atoms. The lowest BCUT2D eigenvalue weighted by Crippen LogP contribution is -2.43. The number of likely N-dealkylation sites (N-methyl/N-ethyl adjacent to an activating group) is 1. The molecule has 2 aromatic rings. The lowest BCUT2D eigenvalue weighted by molar-refractivity contribution is -0.131. The van der Waals surface area contributed by atoms with Crippen molar-refractivity contribution >= 4 is 5.91 Å². The van der Waals surface area contributed by atoms with Crippen molar-refractivity contribution in [2.75, 3.05) is 33.2 Å². The van der Waals surface area contributed by atoms with E-state index in [4.69, 9.17) is 0 Å². The monoisotopic (exact) mass is 360 g/mol. The molecule has 3 rings (SSSR count). The van der Waals surface area contributed by atoms with E-state index >= 15 is 0 Å². The van der Waals surface area contributed by atoms with Gasteiger partial charge < -0.3 is 9.80 Å². The summed E-state index contributed by atoms with van der Waals surface area (Å²) >= 11 is 0. The highest BCUT2D eigenvalue weighted by Gasteiger charge is 2.23. The van der Waals surface area contributed by atoms with Gasteiger partial charge in [-0.25, -0.2) is 9.07 Å². The van der Waals surface area contributed by atoms with Crippen LogP contribution in [0.15, 0.2) is 30.6 Å². The molecule has 0 aliphatic carbocycles. The molecular weight excluding hydrogens is 335 g/mol. The van der Waals surface area contributed by atoms with Crippen molar-refractivity contribution in [3.8, 4) is 0 Å². The van der Waals surface area contributed by atoms with Crippen LogP contribution in [0.4, 0.5) is 4.39 Å². The summed E-state index contributed by atoms with van der Waals surface area (Å²) in [5, 5.41) is 10.8. The number of tetrazole rings is 1. The number of benzene rings is 1. The molecule has 2 heterocycles. The summed E-state index contributed by atoms with van der Waals surface area (Å²) in [4.78, 5) is 16.4. The van der Waals surface area contributed by atoms with E-state index in [1.807, 2.05) is 19.2 Å². The number of hydrogen-bond acceptors (Lipinski definition) is 5. The van der Waals surface area contributed by atoms with Gasteiger partial charge in [-0.1, -0.05) is 18.2 Å². The number of piperidine rings is 1. The zero-order valence-electron chi connectivity index (χ0n) is 15.1. The van der Waals surface area contributed by atoms with Crippen molar-refractivity contribution in [3.63, 3.8) is 0 Å². The van der Waals surface area contributed by atoms with E-state index in [0.717, 1.165) is 44.6 Å². The van der Waals surface area contributed by atoms with E-state index in [-0.39, 0.29) is 18.3 Å². The molecule has 1 saturated heterocycles. The first-order chi connectivity index (χ1) is 12.6. The minimum Gasteiger partial charge on any atom is -0.344 e. The molecule has 1 aromatic carbocycles. The fraction of sp³-hybridized carbons (Fsp3) is 0.556. The Balaban J connectivity index is 1.45. The first-order valence-electron chi connectivity index (χ1n) is 9.02. The third-order valence-electron chi connectivity index (χ3n) is 4.90. The van der Waals surface area contributed by atoms with Crippen molar-refractivity contribution in [2.24, 2.45) is 5.92 Å². The van der Waals surface area contributed by atoms with Crippen LogP contribution in [0.1, 0.15) is 18.4 Å². The summed E-state index contributed by atoms with van der Waals surface area (Å²) in [6.45, 7) is 3.70. The zero-order chi connectivity index (χ0) is 18.4. The third kappa shape index (κ3) is 5.08. The number of hydrogen-bond donors (Lipinski definition) is 0. The average molecular weight is 360 g/mol. The van der Waals surface area contributed by atoms with Crippen LogP contribution in [0.2, 0.25) is 0 Å². The fourth-order valence-corrected chi connectivity index (χ4v) is 3.48. The lowest BCUT2D eigenvalue weighted by Gasteiger charge is -2.34. The SMILES string of the molecule is CN(C[C@H]1CCCN(CCc2ccccc2F)C1)C(=O)Cn1cnnn1. The maximum Gasteiger partial charge on any atom is 0.244 e. The number of aromatic nitrogens is 4. The molecule has 1 atom stereocenters. The molecular formula is C18H25FN6O. The second-order valence-electron chi connectivity index (χ2n) is 6.93. The topological polar surface area (TPSA) is 67.2 Å². The Morgan fingerprint density at radius 2 is 2.23 bits per heavy atom. The van der Waals surface area contributed by atoms with Crippen molar-refractivity contribution in [2.45, 2.75) is 25.8 Å². The fourth-order valence-electron chi connectivity index (χ4n) is 3.48. The Morgan fingerprint density at radius 3 is 3.00 bits per heavy atom. The molecule has 1 amide bonds. The molecule has 8 heteroatoms. The van der Waals surface area contributed by atoms with Gasteiger partial charge in [-0.2, -0.15) is 0 Å². The van der Waals surface area contributed by atoms with Gasteiger partial charge >= 0.3 is 0 Å². The van der Waals surface area contributed by atoms with Crippen LogP contribution in [-0.4, -0.2) is 69.1 Å². The molecule has 0 spiro atoms. The van der Waals surface area contributed by atoms with Gasteiger partial charge in [-0.15, -0.1) is 5.10 Å². The van der Waals surface area contributed by atoms with E-state index in [0.29, 0.717) is 12.3 Å². The van der Waals surface area contributed by atoms with Gasteiger partial charge in [-0.3, -0.25) is 4.79 Å². The van der Waals surface area contributed by atoms with E-state index in [2.05, 4.69) is 20.4 Å². The normalized spacial score (nSPS) is 18.0. The summed E-state index contributed by atoms with van der Waals surface area (Å²) in [5.41, 5.74) is 0.767. The molecule has 1 aliphatic heterocycles.